The molecule has 1 saturated heterocycles. The number of methoxy groups -OCH3 is 1. The predicted octanol–water partition coefficient (Wildman–Crippen LogP) is 1.44. The van der Waals surface area contributed by atoms with Gasteiger partial charge in [0.2, 0.25) is 6.73 Å². The van der Waals surface area contributed by atoms with Crippen molar-refractivity contribution < 1.29 is 24.0 Å². The molecule has 0 spiro atoms. The van der Waals surface area contributed by atoms with Gasteiger partial charge in [-0.1, -0.05) is 0 Å². The Bertz CT molecular complexity index is 1060. The molecule has 0 unspecified atom stereocenters. The van der Waals surface area contributed by atoms with Crippen molar-refractivity contribution in [1.82, 2.24) is 15.1 Å². The van der Waals surface area contributed by atoms with E-state index in [-0.39, 0.29) is 22.6 Å². The van der Waals surface area contributed by atoms with E-state index < -0.39 is 16.8 Å². The summed E-state index contributed by atoms with van der Waals surface area (Å²) in [7, 11) is 1.22. The van der Waals surface area contributed by atoms with E-state index in [0.717, 1.165) is 23.4 Å². The van der Waals surface area contributed by atoms with Gasteiger partial charge in [0.25, 0.3) is 5.91 Å². The van der Waals surface area contributed by atoms with Gasteiger partial charge in [-0.25, -0.2) is 4.79 Å². The normalized spacial score (nSPS) is 16.2. The third-order valence-corrected chi connectivity index (χ3v) is 4.41. The lowest BCUT2D eigenvalue weighted by atomic mass is 10.2. The molecule has 1 aliphatic heterocycles. The molecule has 3 rings (SSSR count). The van der Waals surface area contributed by atoms with E-state index in [1.807, 2.05) is 0 Å². The molecule has 0 atom stereocenters. The highest BCUT2D eigenvalue weighted by atomic mass is 32.2. The number of carbonyl (C=O) groups is 2. The Balaban J connectivity index is 1.54. The quantitative estimate of drug-likeness (QED) is 0.228. The molecule has 1 aliphatic rings. The fourth-order valence-corrected chi connectivity index (χ4v) is 2.84. The average Bonchev–Trinajstić information content (AvgIpc) is 3.34. The number of thioether (sulfide) groups is 1. The summed E-state index contributed by atoms with van der Waals surface area (Å²) in [5.74, 6) is -0.807. The first kappa shape index (κ1) is 20.7. The fourth-order valence-electron chi connectivity index (χ4n) is 2.10. The number of ether oxygens (including phenoxy) is 2. The second-order valence-corrected chi connectivity index (χ2v) is 6.58. The Labute approximate surface area is 173 Å². The maximum Gasteiger partial charge on any atom is 0.390 e. The molecule has 0 saturated carbocycles. The van der Waals surface area contributed by atoms with Crippen molar-refractivity contribution in [3.05, 3.63) is 63.2 Å². The second-order valence-electron chi connectivity index (χ2n) is 5.55. The number of hydrogen-bond acceptors (Lipinski definition) is 10. The van der Waals surface area contributed by atoms with Crippen molar-refractivity contribution >= 4 is 40.8 Å². The zero-order chi connectivity index (χ0) is 21.5. The Morgan fingerprint density at radius 1 is 1.37 bits per heavy atom. The Kier molecular flexibility index (Phi) is 6.54. The van der Waals surface area contributed by atoms with Gasteiger partial charge in [0.05, 0.1) is 35.6 Å². The van der Waals surface area contributed by atoms with Crippen LogP contribution in [-0.2, 0) is 21.1 Å². The van der Waals surface area contributed by atoms with E-state index in [2.05, 4.69) is 25.4 Å². The van der Waals surface area contributed by atoms with Crippen molar-refractivity contribution in [1.29, 1.82) is 0 Å². The van der Waals surface area contributed by atoms with Crippen molar-refractivity contribution in [3.63, 3.8) is 0 Å². The monoisotopic (exact) mass is 430 g/mol. The van der Waals surface area contributed by atoms with E-state index in [1.54, 1.807) is 24.3 Å². The van der Waals surface area contributed by atoms with Gasteiger partial charge in [-0.2, -0.15) is 5.10 Å². The maximum atomic E-state index is 11.7. The van der Waals surface area contributed by atoms with Crippen LogP contribution in [0.5, 0.6) is 5.75 Å². The summed E-state index contributed by atoms with van der Waals surface area (Å²) < 4.78 is 11.3. The average molecular weight is 430 g/mol. The van der Waals surface area contributed by atoms with E-state index >= 15 is 0 Å². The summed E-state index contributed by atoms with van der Waals surface area (Å²) in [6.45, 7) is 0.0211. The molecule has 1 N–H and O–H groups in total. The molecule has 1 aromatic heterocycles. The summed E-state index contributed by atoms with van der Waals surface area (Å²) in [6, 6.07) is 8.12. The summed E-state index contributed by atoms with van der Waals surface area (Å²) in [5.41, 5.74) is 0.723. The minimum atomic E-state index is -0.634. The van der Waals surface area contributed by atoms with Gasteiger partial charge in [0.15, 0.2) is 5.17 Å². The number of hydrogen-bond donors (Lipinski definition) is 1. The van der Waals surface area contributed by atoms with Gasteiger partial charge in [0, 0.05) is 6.08 Å². The largest absolute Gasteiger partial charge is 0.469 e. The number of benzene rings is 1. The van der Waals surface area contributed by atoms with Crippen LogP contribution in [0.1, 0.15) is 5.56 Å². The highest BCUT2D eigenvalue weighted by Crippen LogP contribution is 2.23. The van der Waals surface area contributed by atoms with Crippen LogP contribution in [0.4, 0.5) is 5.82 Å². The van der Waals surface area contributed by atoms with Crippen LogP contribution in [0, 0.1) is 10.1 Å². The minimum Gasteiger partial charge on any atom is -0.469 e. The Morgan fingerprint density at radius 2 is 2.13 bits per heavy atom. The molecule has 0 radical (unpaired) electrons. The van der Waals surface area contributed by atoms with Crippen LogP contribution in [0.3, 0.4) is 0 Å². The van der Waals surface area contributed by atoms with Crippen LogP contribution in [-0.4, -0.2) is 45.1 Å². The maximum absolute atomic E-state index is 11.7. The molecule has 0 bridgehead atoms. The van der Waals surface area contributed by atoms with Gasteiger partial charge in [0.1, 0.15) is 5.75 Å². The van der Waals surface area contributed by atoms with E-state index in [4.69, 9.17) is 4.74 Å². The molecular weight excluding hydrogens is 416 g/mol. The molecule has 12 nitrogen and oxygen atoms in total. The zero-order valence-electron chi connectivity index (χ0n) is 15.4. The SMILES string of the molecule is COC(=O)/C=C1/S/C(=N\N=Cc2ccc(OCn3ccc([N+](=O)[O-])n3)cc2)NC1=O. The number of carbonyl (C=O) groups excluding carboxylic acids is 2. The first-order chi connectivity index (χ1) is 14.4. The molecular formula is C17H14N6O6S. The molecule has 0 aliphatic carbocycles. The number of amidine groups is 1. The molecule has 13 heteroatoms. The first-order valence-corrected chi connectivity index (χ1v) is 9.07. The number of aromatic nitrogens is 2. The lowest BCUT2D eigenvalue weighted by Gasteiger charge is -2.03. The summed E-state index contributed by atoms with van der Waals surface area (Å²) >= 11 is 0.974. The molecule has 30 heavy (non-hydrogen) atoms. The van der Waals surface area contributed by atoms with Crippen molar-refractivity contribution in [3.8, 4) is 5.75 Å². The third-order valence-electron chi connectivity index (χ3n) is 3.51. The van der Waals surface area contributed by atoms with Crippen molar-refractivity contribution in [2.24, 2.45) is 10.2 Å². The van der Waals surface area contributed by atoms with Gasteiger partial charge >= 0.3 is 11.8 Å². The smallest absolute Gasteiger partial charge is 0.390 e. The number of rotatable bonds is 7. The number of amides is 1. The van der Waals surface area contributed by atoms with Crippen LogP contribution in [0.25, 0.3) is 0 Å². The molecule has 1 amide bonds. The number of nitrogens with one attached hydrogen (secondary N) is 1. The van der Waals surface area contributed by atoms with E-state index in [0.29, 0.717) is 5.75 Å². The summed E-state index contributed by atoms with van der Waals surface area (Å²) in [4.78, 5) is 33.1. The molecule has 2 aromatic rings. The predicted molar refractivity (Wildman–Crippen MR) is 107 cm³/mol. The summed E-state index contributed by atoms with van der Waals surface area (Å²) in [5, 5.41) is 24.9. The van der Waals surface area contributed by atoms with E-state index in [9.17, 15) is 19.7 Å². The molecule has 1 aromatic carbocycles. The molecule has 1 fully saturated rings. The lowest BCUT2D eigenvalue weighted by Crippen LogP contribution is -2.19. The topological polar surface area (TPSA) is 150 Å². The summed E-state index contributed by atoms with van der Waals surface area (Å²) in [6.07, 6.45) is 4.00. The van der Waals surface area contributed by atoms with Crippen molar-refractivity contribution in [2.45, 2.75) is 6.73 Å². The van der Waals surface area contributed by atoms with Gasteiger partial charge in [-0.15, -0.1) is 9.78 Å². The standard InChI is InChI=1S/C17H14N6O6S/c1-28-15(24)8-13-16(25)19-17(30-13)20-18-9-11-2-4-12(5-3-11)29-10-22-7-6-14(21-22)23(26)27/h2-9H,10H2,1H3,(H,19,20,25)/b13-8+,18-9?. The first-order valence-electron chi connectivity index (χ1n) is 8.25. The van der Waals surface area contributed by atoms with Gasteiger partial charge in [-0.3, -0.25) is 10.1 Å². The minimum absolute atomic E-state index is 0.0211. The van der Waals surface area contributed by atoms with Crippen LogP contribution in [0.2, 0.25) is 0 Å². The highest BCUT2D eigenvalue weighted by Gasteiger charge is 2.25. The fraction of sp³-hybridized carbons (Fsp3) is 0.118. The van der Waals surface area contributed by atoms with Crippen LogP contribution in [0.15, 0.2) is 57.7 Å². The molecule has 154 valence electrons. The Morgan fingerprint density at radius 3 is 2.80 bits per heavy atom. The number of nitrogens with zero attached hydrogens (tertiary/aromatic N) is 5. The van der Waals surface area contributed by atoms with Crippen LogP contribution >= 0.6 is 11.8 Å². The van der Waals surface area contributed by atoms with Crippen molar-refractivity contribution in [2.75, 3.05) is 7.11 Å². The third kappa shape index (κ3) is 5.51. The Hall–Kier alpha value is -4.00. The van der Waals surface area contributed by atoms with Gasteiger partial charge in [-0.05, 0) is 46.5 Å². The molecule has 2 heterocycles. The van der Waals surface area contributed by atoms with E-state index in [1.165, 1.54) is 30.3 Å². The number of nitro groups is 1. The highest BCUT2D eigenvalue weighted by molar-refractivity contribution is 8.18. The lowest BCUT2D eigenvalue weighted by molar-refractivity contribution is -0.389. The van der Waals surface area contributed by atoms with Crippen LogP contribution < -0.4 is 10.1 Å². The van der Waals surface area contributed by atoms with Gasteiger partial charge < -0.3 is 19.6 Å². The zero-order valence-corrected chi connectivity index (χ0v) is 16.2. The number of esters is 1. The second kappa shape index (κ2) is 9.47.